The molecule has 1 amide bonds. The Bertz CT molecular complexity index is 1330. The summed E-state index contributed by atoms with van der Waals surface area (Å²) in [5.41, 5.74) is 1.87. The number of aromatic nitrogens is 2. The van der Waals surface area contributed by atoms with E-state index in [0.717, 1.165) is 28.0 Å². The maximum atomic E-state index is 13.1. The smallest absolute Gasteiger partial charge is 0.274 e. The number of nitrogens with one attached hydrogen (secondary N) is 1. The van der Waals surface area contributed by atoms with Crippen LogP contribution >= 0.6 is 0 Å². The summed E-state index contributed by atoms with van der Waals surface area (Å²) in [5, 5.41) is 8.87. The van der Waals surface area contributed by atoms with Gasteiger partial charge in [0.1, 0.15) is 11.5 Å². The molecule has 1 aliphatic rings. The first-order valence-corrected chi connectivity index (χ1v) is 11.2. The first-order valence-electron chi connectivity index (χ1n) is 11.2. The quantitative estimate of drug-likeness (QED) is 0.476. The molecule has 33 heavy (non-hydrogen) atoms. The number of nitrogens with zero attached hydrogens (tertiary/aromatic N) is 2. The predicted octanol–water partition coefficient (Wildman–Crippen LogP) is 4.62. The van der Waals surface area contributed by atoms with Crippen LogP contribution in [0.1, 0.15) is 36.8 Å². The van der Waals surface area contributed by atoms with Gasteiger partial charge in [-0.3, -0.25) is 9.59 Å². The monoisotopic (exact) mass is 439 g/mol. The van der Waals surface area contributed by atoms with Gasteiger partial charge in [-0.25, -0.2) is 4.68 Å². The number of hydrogen-bond donors (Lipinski definition) is 1. The van der Waals surface area contributed by atoms with Gasteiger partial charge >= 0.3 is 0 Å². The highest BCUT2D eigenvalue weighted by Gasteiger charge is 2.29. The molecule has 6 heteroatoms. The highest BCUT2D eigenvalue weighted by Crippen LogP contribution is 2.45. The van der Waals surface area contributed by atoms with Gasteiger partial charge in [-0.05, 0) is 24.6 Å². The van der Waals surface area contributed by atoms with Gasteiger partial charge in [0.15, 0.2) is 0 Å². The van der Waals surface area contributed by atoms with Gasteiger partial charge < -0.3 is 10.1 Å². The summed E-state index contributed by atoms with van der Waals surface area (Å²) in [6.45, 7) is 2.32. The van der Waals surface area contributed by atoms with E-state index in [4.69, 9.17) is 4.74 Å². The molecule has 6 nitrogen and oxygen atoms in total. The number of rotatable bonds is 6. The highest BCUT2D eigenvalue weighted by molar-refractivity contribution is 5.80. The number of hydrogen-bond acceptors (Lipinski definition) is 4. The summed E-state index contributed by atoms with van der Waals surface area (Å²) in [4.78, 5) is 26.0. The van der Waals surface area contributed by atoms with Gasteiger partial charge in [0.25, 0.3) is 5.56 Å². The Balaban J connectivity index is 1.35. The van der Waals surface area contributed by atoms with Gasteiger partial charge in [0.2, 0.25) is 5.91 Å². The Morgan fingerprint density at radius 1 is 1.00 bits per heavy atom. The topological polar surface area (TPSA) is 73.2 Å². The summed E-state index contributed by atoms with van der Waals surface area (Å²) < 4.78 is 7.48. The number of fused-ring (bicyclic) bond motifs is 3. The molecule has 2 heterocycles. The minimum absolute atomic E-state index is 0.0628. The lowest BCUT2D eigenvalue weighted by atomic mass is 9.85. The van der Waals surface area contributed by atoms with Crippen molar-refractivity contribution in [2.24, 2.45) is 0 Å². The number of carbonyl (C=O) groups is 1. The van der Waals surface area contributed by atoms with E-state index in [2.05, 4.69) is 10.4 Å². The minimum atomic E-state index is -0.200. The third-order valence-electron chi connectivity index (χ3n) is 6.21. The molecule has 0 saturated heterocycles. The average molecular weight is 440 g/mol. The molecule has 0 fully saturated rings. The van der Waals surface area contributed by atoms with E-state index in [1.165, 1.54) is 4.68 Å². The summed E-state index contributed by atoms with van der Waals surface area (Å²) in [6.07, 6.45) is 2.68. The fraction of sp³-hybridized carbons (Fsp3) is 0.222. The van der Waals surface area contributed by atoms with Crippen molar-refractivity contribution in [2.75, 3.05) is 0 Å². The number of para-hydroxylation sites is 2. The number of benzene rings is 3. The first-order chi connectivity index (χ1) is 16.1. The Morgan fingerprint density at radius 3 is 2.33 bits per heavy atom. The van der Waals surface area contributed by atoms with E-state index in [1.807, 2.05) is 73.7 Å². The second-order valence-corrected chi connectivity index (χ2v) is 8.33. The standard InChI is InChI=1S/C27H25N3O3/c1-2-19(17-30-27(32)20-10-4-3-9-18(20)16-28-30)29-26(31)15-23-21-11-5-7-13-24(21)33-25-14-8-6-12-22(23)25/h3-14,16,19,23H,2,15,17H2,1H3,(H,29,31)/t19-/m0/s1. The number of carbonyl (C=O) groups excluding carboxylic acids is 1. The van der Waals surface area contributed by atoms with Crippen LogP contribution in [0, 0.1) is 0 Å². The Labute approximate surface area is 191 Å². The van der Waals surface area contributed by atoms with Crippen LogP contribution in [0.25, 0.3) is 10.8 Å². The van der Waals surface area contributed by atoms with Crippen LogP contribution in [-0.4, -0.2) is 21.7 Å². The first kappa shape index (κ1) is 20.9. The van der Waals surface area contributed by atoms with E-state index < -0.39 is 0 Å². The number of ether oxygens (including phenoxy) is 1. The van der Waals surface area contributed by atoms with E-state index in [0.29, 0.717) is 24.8 Å². The van der Waals surface area contributed by atoms with E-state index in [1.54, 1.807) is 12.3 Å². The maximum absolute atomic E-state index is 13.1. The van der Waals surface area contributed by atoms with E-state index in [9.17, 15) is 9.59 Å². The van der Waals surface area contributed by atoms with Crippen molar-refractivity contribution in [3.8, 4) is 11.5 Å². The van der Waals surface area contributed by atoms with Crippen molar-refractivity contribution in [3.05, 3.63) is 100 Å². The van der Waals surface area contributed by atoms with Crippen molar-refractivity contribution >= 4 is 16.7 Å². The Hall–Kier alpha value is -3.93. The Morgan fingerprint density at radius 2 is 1.64 bits per heavy atom. The molecule has 1 aliphatic heterocycles. The highest BCUT2D eigenvalue weighted by atomic mass is 16.5. The number of amides is 1. The maximum Gasteiger partial charge on any atom is 0.274 e. The summed E-state index contributed by atoms with van der Waals surface area (Å²) in [7, 11) is 0. The molecular formula is C27H25N3O3. The van der Waals surface area contributed by atoms with Crippen LogP contribution in [0.5, 0.6) is 11.5 Å². The molecule has 0 unspecified atom stereocenters. The van der Waals surface area contributed by atoms with Crippen LogP contribution < -0.4 is 15.6 Å². The molecule has 1 atom stereocenters. The van der Waals surface area contributed by atoms with Crippen molar-refractivity contribution in [2.45, 2.75) is 38.3 Å². The lowest BCUT2D eigenvalue weighted by Crippen LogP contribution is -2.41. The fourth-order valence-electron chi connectivity index (χ4n) is 4.44. The molecule has 5 rings (SSSR count). The molecule has 3 aromatic carbocycles. The zero-order valence-electron chi connectivity index (χ0n) is 18.4. The molecule has 4 aromatic rings. The summed E-state index contributed by atoms with van der Waals surface area (Å²) in [5.74, 6) is 1.42. The fourth-order valence-corrected chi connectivity index (χ4v) is 4.44. The van der Waals surface area contributed by atoms with Crippen LogP contribution in [0.4, 0.5) is 0 Å². The van der Waals surface area contributed by atoms with Crippen molar-refractivity contribution in [3.63, 3.8) is 0 Å². The summed E-state index contributed by atoms with van der Waals surface area (Å²) >= 11 is 0. The molecular weight excluding hydrogens is 414 g/mol. The van der Waals surface area contributed by atoms with Crippen LogP contribution in [0.3, 0.4) is 0 Å². The van der Waals surface area contributed by atoms with Gasteiger partial charge in [0.05, 0.1) is 18.1 Å². The van der Waals surface area contributed by atoms with E-state index in [-0.39, 0.29) is 23.4 Å². The van der Waals surface area contributed by atoms with Crippen LogP contribution in [0.2, 0.25) is 0 Å². The van der Waals surface area contributed by atoms with Crippen LogP contribution in [-0.2, 0) is 11.3 Å². The Kier molecular flexibility index (Phi) is 5.65. The largest absolute Gasteiger partial charge is 0.457 e. The van der Waals surface area contributed by atoms with Gasteiger partial charge in [-0.1, -0.05) is 61.5 Å². The van der Waals surface area contributed by atoms with Crippen molar-refractivity contribution in [1.82, 2.24) is 15.1 Å². The van der Waals surface area contributed by atoms with Gasteiger partial charge in [-0.15, -0.1) is 0 Å². The molecule has 1 aromatic heterocycles. The minimum Gasteiger partial charge on any atom is -0.457 e. The van der Waals surface area contributed by atoms with Crippen molar-refractivity contribution < 1.29 is 9.53 Å². The normalized spacial score (nSPS) is 13.6. The van der Waals surface area contributed by atoms with Gasteiger partial charge in [0, 0.05) is 34.9 Å². The predicted molar refractivity (Wildman–Crippen MR) is 128 cm³/mol. The molecule has 0 spiro atoms. The van der Waals surface area contributed by atoms with Gasteiger partial charge in [-0.2, -0.15) is 5.10 Å². The summed E-state index contributed by atoms with van der Waals surface area (Å²) in [6, 6.07) is 22.9. The molecule has 1 N–H and O–H groups in total. The zero-order valence-corrected chi connectivity index (χ0v) is 18.4. The molecule has 0 bridgehead atoms. The lowest BCUT2D eigenvalue weighted by molar-refractivity contribution is -0.122. The lowest BCUT2D eigenvalue weighted by Gasteiger charge is -2.28. The third kappa shape index (κ3) is 4.12. The second kappa shape index (κ2) is 8.90. The molecule has 0 saturated carbocycles. The molecule has 0 radical (unpaired) electrons. The van der Waals surface area contributed by atoms with Crippen molar-refractivity contribution in [1.29, 1.82) is 0 Å². The molecule has 166 valence electrons. The third-order valence-corrected chi connectivity index (χ3v) is 6.21. The zero-order chi connectivity index (χ0) is 22.8. The second-order valence-electron chi connectivity index (χ2n) is 8.33. The molecule has 0 aliphatic carbocycles. The average Bonchev–Trinajstić information content (AvgIpc) is 2.85. The van der Waals surface area contributed by atoms with E-state index >= 15 is 0 Å². The SMILES string of the molecule is CC[C@@H](Cn1ncc2ccccc2c1=O)NC(=O)CC1c2ccccc2Oc2ccccc21. The van der Waals surface area contributed by atoms with Crippen LogP contribution in [0.15, 0.2) is 83.8 Å².